The van der Waals surface area contributed by atoms with Crippen LogP contribution in [0.25, 0.3) is 11.0 Å². The number of fused-ring (bicyclic) bond motifs is 1. The number of aromatic nitrogens is 2. The largest absolute Gasteiger partial charge is 0.309 e. The summed E-state index contributed by atoms with van der Waals surface area (Å²) >= 11 is 1.14. The van der Waals surface area contributed by atoms with Crippen LogP contribution < -0.4 is 5.32 Å². The Hall–Kier alpha value is -2.45. The van der Waals surface area contributed by atoms with Crippen molar-refractivity contribution in [3.8, 4) is 0 Å². The molecule has 3 rings (SSSR count). The molecular weight excluding hydrogens is 394 g/mol. The molecule has 0 saturated heterocycles. The monoisotopic (exact) mass is 418 g/mol. The highest BCUT2D eigenvalue weighted by Crippen LogP contribution is 2.22. The van der Waals surface area contributed by atoms with E-state index in [-0.39, 0.29) is 11.7 Å². The number of rotatable bonds is 9. The summed E-state index contributed by atoms with van der Waals surface area (Å²) < 4.78 is 28.4. The van der Waals surface area contributed by atoms with Gasteiger partial charge in [0.15, 0.2) is 11.6 Å². The van der Waals surface area contributed by atoms with Crippen molar-refractivity contribution in [1.29, 1.82) is 0 Å². The van der Waals surface area contributed by atoms with Crippen molar-refractivity contribution in [2.75, 3.05) is 30.7 Å². The van der Waals surface area contributed by atoms with Crippen molar-refractivity contribution < 1.29 is 13.6 Å². The van der Waals surface area contributed by atoms with Crippen LogP contribution in [0.5, 0.6) is 0 Å². The molecule has 29 heavy (non-hydrogen) atoms. The van der Waals surface area contributed by atoms with E-state index in [9.17, 15) is 13.6 Å². The number of carbonyl (C=O) groups excluding carboxylic acids is 1. The fourth-order valence-electron chi connectivity index (χ4n) is 3.05. The first kappa shape index (κ1) is 21.3. The van der Waals surface area contributed by atoms with Crippen molar-refractivity contribution in [3.05, 3.63) is 54.1 Å². The SMILES string of the molecule is CCN(CC)CCn1c(NC(=O)CSc2ccc(F)c(F)c2)nc2ccccc21. The number of carbonyl (C=O) groups is 1. The summed E-state index contributed by atoms with van der Waals surface area (Å²) in [6.45, 7) is 7.70. The summed E-state index contributed by atoms with van der Waals surface area (Å²) in [7, 11) is 0. The molecule has 8 heteroatoms. The molecule has 0 saturated carbocycles. The summed E-state index contributed by atoms with van der Waals surface area (Å²) in [6.07, 6.45) is 0. The Morgan fingerprint density at radius 2 is 1.90 bits per heavy atom. The molecule has 0 bridgehead atoms. The molecule has 3 aromatic rings. The molecule has 0 aliphatic rings. The van der Waals surface area contributed by atoms with Crippen LogP contribution >= 0.6 is 11.8 Å². The third kappa shape index (κ3) is 5.33. The van der Waals surface area contributed by atoms with Crippen LogP contribution in [0.2, 0.25) is 0 Å². The Kier molecular flexibility index (Phi) is 7.22. The van der Waals surface area contributed by atoms with Gasteiger partial charge in [0.2, 0.25) is 11.9 Å². The van der Waals surface area contributed by atoms with Crippen LogP contribution in [0.4, 0.5) is 14.7 Å². The highest BCUT2D eigenvalue weighted by atomic mass is 32.2. The minimum absolute atomic E-state index is 0.0737. The molecule has 0 fully saturated rings. The van der Waals surface area contributed by atoms with Crippen LogP contribution in [-0.2, 0) is 11.3 Å². The maximum absolute atomic E-state index is 13.3. The first-order valence-electron chi connectivity index (χ1n) is 9.57. The second kappa shape index (κ2) is 9.84. The molecule has 1 aromatic heterocycles. The molecule has 0 spiro atoms. The van der Waals surface area contributed by atoms with Gasteiger partial charge in [-0.05, 0) is 43.4 Å². The number of hydrogen-bond donors (Lipinski definition) is 1. The molecule has 0 atom stereocenters. The van der Waals surface area contributed by atoms with Crippen molar-refractivity contribution >= 4 is 34.7 Å². The lowest BCUT2D eigenvalue weighted by Gasteiger charge is -2.19. The summed E-state index contributed by atoms with van der Waals surface area (Å²) in [6, 6.07) is 11.4. The van der Waals surface area contributed by atoms with Crippen LogP contribution in [0.3, 0.4) is 0 Å². The zero-order valence-electron chi connectivity index (χ0n) is 16.5. The van der Waals surface area contributed by atoms with E-state index in [1.54, 1.807) is 0 Å². The van der Waals surface area contributed by atoms with Gasteiger partial charge in [-0.2, -0.15) is 0 Å². The molecule has 1 N–H and O–H groups in total. The first-order valence-corrected chi connectivity index (χ1v) is 10.6. The highest BCUT2D eigenvalue weighted by Gasteiger charge is 2.14. The summed E-state index contributed by atoms with van der Waals surface area (Å²) in [5.41, 5.74) is 1.78. The van der Waals surface area contributed by atoms with Crippen molar-refractivity contribution in [2.45, 2.75) is 25.3 Å². The molecule has 0 aliphatic carbocycles. The lowest BCUT2D eigenvalue weighted by Crippen LogP contribution is -2.28. The number of nitrogens with zero attached hydrogens (tertiary/aromatic N) is 3. The highest BCUT2D eigenvalue weighted by molar-refractivity contribution is 8.00. The van der Waals surface area contributed by atoms with Gasteiger partial charge in [-0.25, -0.2) is 13.8 Å². The maximum Gasteiger partial charge on any atom is 0.237 e. The molecular formula is C21H24F2N4OS. The van der Waals surface area contributed by atoms with E-state index in [1.807, 2.05) is 28.8 Å². The lowest BCUT2D eigenvalue weighted by molar-refractivity contribution is -0.113. The van der Waals surface area contributed by atoms with E-state index in [2.05, 4.69) is 29.0 Å². The topological polar surface area (TPSA) is 50.2 Å². The van der Waals surface area contributed by atoms with Crippen LogP contribution in [0.1, 0.15) is 13.8 Å². The van der Waals surface area contributed by atoms with E-state index in [0.29, 0.717) is 17.4 Å². The number of benzene rings is 2. The average Bonchev–Trinajstić information content (AvgIpc) is 3.06. The number of imidazole rings is 1. The summed E-state index contributed by atoms with van der Waals surface area (Å²) in [5, 5.41) is 2.86. The minimum atomic E-state index is -0.923. The Labute approximate surface area is 173 Å². The Morgan fingerprint density at radius 1 is 1.14 bits per heavy atom. The number of amides is 1. The number of anilines is 1. The van der Waals surface area contributed by atoms with Crippen LogP contribution in [-0.4, -0.2) is 45.7 Å². The zero-order valence-corrected chi connectivity index (χ0v) is 17.3. The predicted molar refractivity (Wildman–Crippen MR) is 113 cm³/mol. The fraction of sp³-hybridized carbons (Fsp3) is 0.333. The normalized spacial score (nSPS) is 11.3. The third-order valence-electron chi connectivity index (χ3n) is 4.70. The summed E-state index contributed by atoms with van der Waals surface area (Å²) in [5.74, 6) is -1.51. The summed E-state index contributed by atoms with van der Waals surface area (Å²) in [4.78, 5) is 19.8. The Morgan fingerprint density at radius 3 is 2.62 bits per heavy atom. The maximum atomic E-state index is 13.3. The van der Waals surface area contributed by atoms with Crippen molar-refractivity contribution in [3.63, 3.8) is 0 Å². The van der Waals surface area contributed by atoms with Gasteiger partial charge in [0.1, 0.15) is 0 Å². The van der Waals surface area contributed by atoms with Gasteiger partial charge in [-0.3, -0.25) is 10.1 Å². The zero-order chi connectivity index (χ0) is 20.8. The number of nitrogens with one attached hydrogen (secondary N) is 1. The first-order chi connectivity index (χ1) is 14.0. The van der Waals surface area contributed by atoms with Crippen LogP contribution in [0.15, 0.2) is 47.4 Å². The number of likely N-dealkylation sites (N-methyl/N-ethyl adjacent to an activating group) is 1. The molecule has 154 valence electrons. The fourth-order valence-corrected chi connectivity index (χ4v) is 3.78. The lowest BCUT2D eigenvalue weighted by atomic mass is 10.3. The molecule has 0 radical (unpaired) electrons. The van der Waals surface area contributed by atoms with Gasteiger partial charge in [0.05, 0.1) is 16.8 Å². The number of halogens is 2. The van der Waals surface area contributed by atoms with E-state index in [1.165, 1.54) is 6.07 Å². The Balaban J connectivity index is 1.71. The molecule has 1 amide bonds. The van der Waals surface area contributed by atoms with Gasteiger partial charge in [0, 0.05) is 18.0 Å². The van der Waals surface area contributed by atoms with Crippen LogP contribution in [0, 0.1) is 11.6 Å². The molecule has 2 aromatic carbocycles. The second-order valence-electron chi connectivity index (χ2n) is 6.52. The van der Waals surface area contributed by atoms with Crippen molar-refractivity contribution in [2.24, 2.45) is 0 Å². The number of para-hydroxylation sites is 2. The standard InChI is InChI=1S/C21H24F2N4OS/c1-3-26(4-2)11-12-27-19-8-6-5-7-18(19)24-21(27)25-20(28)14-29-15-9-10-16(22)17(23)13-15/h5-10,13H,3-4,11-12,14H2,1-2H3,(H,24,25,28). The minimum Gasteiger partial charge on any atom is -0.309 e. The molecule has 1 heterocycles. The molecule has 0 aliphatic heterocycles. The number of thioether (sulfide) groups is 1. The van der Waals surface area contributed by atoms with E-state index in [4.69, 9.17) is 0 Å². The van der Waals surface area contributed by atoms with Crippen molar-refractivity contribution in [1.82, 2.24) is 14.5 Å². The van der Waals surface area contributed by atoms with Gasteiger partial charge >= 0.3 is 0 Å². The predicted octanol–water partition coefficient (Wildman–Crippen LogP) is 4.39. The van der Waals surface area contributed by atoms with Gasteiger partial charge in [0.25, 0.3) is 0 Å². The van der Waals surface area contributed by atoms with E-state index < -0.39 is 11.6 Å². The van der Waals surface area contributed by atoms with Gasteiger partial charge in [-0.15, -0.1) is 11.8 Å². The van der Waals surface area contributed by atoms with E-state index in [0.717, 1.165) is 54.6 Å². The molecule has 5 nitrogen and oxygen atoms in total. The number of hydrogen-bond acceptors (Lipinski definition) is 4. The van der Waals surface area contributed by atoms with Gasteiger partial charge < -0.3 is 9.47 Å². The third-order valence-corrected chi connectivity index (χ3v) is 5.69. The van der Waals surface area contributed by atoms with E-state index >= 15 is 0 Å². The molecule has 0 unspecified atom stereocenters. The Bertz CT molecular complexity index is 988. The average molecular weight is 419 g/mol. The second-order valence-corrected chi connectivity index (χ2v) is 7.56. The smallest absolute Gasteiger partial charge is 0.237 e. The quantitative estimate of drug-likeness (QED) is 0.524. The van der Waals surface area contributed by atoms with Gasteiger partial charge in [-0.1, -0.05) is 26.0 Å².